The van der Waals surface area contributed by atoms with Crippen LogP contribution in [0, 0.1) is 5.82 Å². The van der Waals surface area contributed by atoms with Crippen LogP contribution >= 0.6 is 23.4 Å². The van der Waals surface area contributed by atoms with E-state index in [9.17, 15) is 9.18 Å². The molecule has 0 bridgehead atoms. The normalized spacial score (nSPS) is 11.1. The van der Waals surface area contributed by atoms with Gasteiger partial charge in [0.05, 0.1) is 17.4 Å². The summed E-state index contributed by atoms with van der Waals surface area (Å²) in [5.74, 6) is 0.225. The zero-order valence-electron chi connectivity index (χ0n) is 14.8. The topological polar surface area (TPSA) is 34.9 Å². The van der Waals surface area contributed by atoms with E-state index in [2.05, 4.69) is 4.98 Å². The van der Waals surface area contributed by atoms with Crippen LogP contribution in [0.25, 0.3) is 10.9 Å². The smallest absolute Gasteiger partial charge is 0.262 e. The van der Waals surface area contributed by atoms with Crippen molar-refractivity contribution in [1.29, 1.82) is 0 Å². The van der Waals surface area contributed by atoms with Crippen molar-refractivity contribution in [2.24, 2.45) is 0 Å². The number of nitrogens with zero attached hydrogens (tertiary/aromatic N) is 2. The first-order valence-electron chi connectivity index (χ1n) is 8.72. The van der Waals surface area contributed by atoms with Crippen molar-refractivity contribution in [3.63, 3.8) is 0 Å². The van der Waals surface area contributed by atoms with Gasteiger partial charge in [0.15, 0.2) is 5.16 Å². The molecule has 4 aromatic rings. The van der Waals surface area contributed by atoms with Gasteiger partial charge in [-0.15, -0.1) is 0 Å². The van der Waals surface area contributed by atoms with Crippen LogP contribution in [0.4, 0.5) is 4.39 Å². The van der Waals surface area contributed by atoms with E-state index < -0.39 is 0 Å². The number of aromatic nitrogens is 2. The zero-order chi connectivity index (χ0) is 19.5. The van der Waals surface area contributed by atoms with Crippen molar-refractivity contribution in [2.45, 2.75) is 17.5 Å². The van der Waals surface area contributed by atoms with Gasteiger partial charge in [-0.2, -0.15) is 0 Å². The molecule has 0 fully saturated rings. The minimum Gasteiger partial charge on any atom is -0.283 e. The van der Waals surface area contributed by atoms with Crippen molar-refractivity contribution in [3.05, 3.63) is 105 Å². The zero-order valence-corrected chi connectivity index (χ0v) is 16.4. The molecule has 1 aromatic heterocycles. The minimum absolute atomic E-state index is 0.118. The molecule has 140 valence electrons. The fourth-order valence-electron chi connectivity index (χ4n) is 2.97. The number of halogens is 2. The van der Waals surface area contributed by atoms with Gasteiger partial charge in [-0.1, -0.05) is 65.8 Å². The maximum absolute atomic E-state index is 13.5. The van der Waals surface area contributed by atoms with Crippen LogP contribution in [-0.4, -0.2) is 9.55 Å². The lowest BCUT2D eigenvalue weighted by molar-refractivity contribution is 0.626. The van der Waals surface area contributed by atoms with Gasteiger partial charge in [0.2, 0.25) is 0 Å². The molecule has 6 heteroatoms. The van der Waals surface area contributed by atoms with Gasteiger partial charge >= 0.3 is 0 Å². The standard InChI is InChI=1S/C22H16ClFN2OS/c23-19-10-3-1-7-16(19)13-26-21(27)18-9-2-4-11-20(18)25-22(26)28-14-15-6-5-8-17(24)12-15/h1-12H,13-14H2. The van der Waals surface area contributed by atoms with E-state index in [1.165, 1.54) is 23.9 Å². The second-order valence-electron chi connectivity index (χ2n) is 6.31. The maximum Gasteiger partial charge on any atom is 0.262 e. The average Bonchev–Trinajstić information content (AvgIpc) is 2.70. The van der Waals surface area contributed by atoms with Gasteiger partial charge in [-0.3, -0.25) is 9.36 Å². The highest BCUT2D eigenvalue weighted by Gasteiger charge is 2.13. The summed E-state index contributed by atoms with van der Waals surface area (Å²) in [4.78, 5) is 17.8. The second-order valence-corrected chi connectivity index (χ2v) is 7.66. The lowest BCUT2D eigenvalue weighted by atomic mass is 10.2. The Kier molecular flexibility index (Phi) is 5.46. The van der Waals surface area contributed by atoms with Crippen molar-refractivity contribution >= 4 is 34.3 Å². The van der Waals surface area contributed by atoms with Crippen LogP contribution in [0.15, 0.2) is 82.7 Å². The Bertz CT molecular complexity index is 1210. The molecule has 28 heavy (non-hydrogen) atoms. The number of hydrogen-bond acceptors (Lipinski definition) is 3. The first kappa shape index (κ1) is 18.7. The number of para-hydroxylation sites is 1. The van der Waals surface area contributed by atoms with E-state index in [1.54, 1.807) is 22.8 Å². The molecule has 0 amide bonds. The van der Waals surface area contributed by atoms with Crippen LogP contribution < -0.4 is 5.56 Å². The molecule has 0 radical (unpaired) electrons. The number of thioether (sulfide) groups is 1. The third-order valence-electron chi connectivity index (χ3n) is 4.37. The minimum atomic E-state index is -0.280. The van der Waals surface area contributed by atoms with E-state index >= 15 is 0 Å². The Morgan fingerprint density at radius 2 is 1.79 bits per heavy atom. The number of benzene rings is 3. The monoisotopic (exact) mass is 410 g/mol. The summed E-state index contributed by atoms with van der Waals surface area (Å²) in [6.45, 7) is 0.321. The fourth-order valence-corrected chi connectivity index (χ4v) is 4.11. The summed E-state index contributed by atoms with van der Waals surface area (Å²) in [6.07, 6.45) is 0. The Hall–Kier alpha value is -2.63. The molecule has 3 aromatic carbocycles. The van der Waals surface area contributed by atoms with E-state index in [4.69, 9.17) is 11.6 Å². The summed E-state index contributed by atoms with van der Waals surface area (Å²) in [5.41, 5.74) is 2.20. The van der Waals surface area contributed by atoms with Crippen LogP contribution in [-0.2, 0) is 12.3 Å². The summed E-state index contributed by atoms with van der Waals surface area (Å²) in [7, 11) is 0. The third kappa shape index (κ3) is 3.96. The van der Waals surface area contributed by atoms with Crippen molar-refractivity contribution in [2.75, 3.05) is 0 Å². The first-order valence-corrected chi connectivity index (χ1v) is 10.1. The van der Waals surface area contributed by atoms with Gasteiger partial charge in [0.1, 0.15) is 5.82 Å². The van der Waals surface area contributed by atoms with Crippen LogP contribution in [0.3, 0.4) is 0 Å². The van der Waals surface area contributed by atoms with Gasteiger partial charge in [0, 0.05) is 10.8 Å². The molecular formula is C22H16ClFN2OS. The SMILES string of the molecule is O=c1c2ccccc2nc(SCc2cccc(F)c2)n1Cc1ccccc1Cl. The van der Waals surface area contributed by atoms with Crippen LogP contribution in [0.5, 0.6) is 0 Å². The predicted molar refractivity (Wildman–Crippen MR) is 113 cm³/mol. The molecule has 0 aliphatic rings. The molecule has 0 aliphatic carbocycles. The van der Waals surface area contributed by atoms with Crippen molar-refractivity contribution < 1.29 is 4.39 Å². The second kappa shape index (κ2) is 8.17. The fraction of sp³-hybridized carbons (Fsp3) is 0.0909. The summed E-state index contributed by atoms with van der Waals surface area (Å²) in [6, 6.07) is 21.1. The number of hydrogen-bond donors (Lipinski definition) is 0. The number of fused-ring (bicyclic) bond motifs is 1. The summed E-state index contributed by atoms with van der Waals surface area (Å²) < 4.78 is 15.1. The molecule has 3 nitrogen and oxygen atoms in total. The largest absolute Gasteiger partial charge is 0.283 e. The molecule has 0 unspecified atom stereocenters. The average molecular weight is 411 g/mol. The highest BCUT2D eigenvalue weighted by molar-refractivity contribution is 7.98. The molecule has 1 heterocycles. The van der Waals surface area contributed by atoms with E-state index in [0.717, 1.165) is 11.1 Å². The molecule has 0 spiro atoms. The first-order chi connectivity index (χ1) is 13.6. The molecule has 0 atom stereocenters. The number of rotatable bonds is 5. The van der Waals surface area contributed by atoms with E-state index in [1.807, 2.05) is 42.5 Å². The molecule has 4 rings (SSSR count). The molecular weight excluding hydrogens is 395 g/mol. The molecule has 0 saturated carbocycles. The van der Waals surface area contributed by atoms with Crippen LogP contribution in [0.1, 0.15) is 11.1 Å². The van der Waals surface area contributed by atoms with E-state index in [0.29, 0.717) is 33.4 Å². The van der Waals surface area contributed by atoms with Gasteiger partial charge in [0.25, 0.3) is 5.56 Å². The highest BCUT2D eigenvalue weighted by Crippen LogP contribution is 2.24. The third-order valence-corrected chi connectivity index (χ3v) is 5.79. The van der Waals surface area contributed by atoms with Gasteiger partial charge in [-0.05, 0) is 41.5 Å². The highest BCUT2D eigenvalue weighted by atomic mass is 35.5. The summed E-state index contributed by atoms with van der Waals surface area (Å²) >= 11 is 7.71. The van der Waals surface area contributed by atoms with Gasteiger partial charge in [-0.25, -0.2) is 9.37 Å². The van der Waals surface area contributed by atoms with Gasteiger partial charge < -0.3 is 0 Å². The lowest BCUT2D eigenvalue weighted by Gasteiger charge is -2.14. The Labute approximate surface area is 170 Å². The molecule has 0 aliphatic heterocycles. The van der Waals surface area contributed by atoms with Crippen molar-refractivity contribution in [3.8, 4) is 0 Å². The Morgan fingerprint density at radius 1 is 1.00 bits per heavy atom. The Balaban J connectivity index is 1.77. The predicted octanol–water partition coefficient (Wildman–Crippen LogP) is 5.53. The maximum atomic E-state index is 13.5. The molecule has 0 saturated heterocycles. The van der Waals surface area contributed by atoms with Crippen molar-refractivity contribution in [1.82, 2.24) is 9.55 Å². The van der Waals surface area contributed by atoms with Crippen LogP contribution in [0.2, 0.25) is 5.02 Å². The molecule has 0 N–H and O–H groups in total. The van der Waals surface area contributed by atoms with E-state index in [-0.39, 0.29) is 11.4 Å². The summed E-state index contributed by atoms with van der Waals surface area (Å²) in [5, 5.41) is 1.74. The Morgan fingerprint density at radius 3 is 2.61 bits per heavy atom. The lowest BCUT2D eigenvalue weighted by Crippen LogP contribution is -2.24. The quantitative estimate of drug-likeness (QED) is 0.320.